The summed E-state index contributed by atoms with van der Waals surface area (Å²) < 4.78 is 0. The van der Waals surface area contributed by atoms with E-state index in [0.717, 1.165) is 55.3 Å². The van der Waals surface area contributed by atoms with E-state index in [1.165, 1.54) is 32.1 Å². The highest BCUT2D eigenvalue weighted by atomic mass is 16.2. The summed E-state index contributed by atoms with van der Waals surface area (Å²) in [5.74, 6) is 2.84. The van der Waals surface area contributed by atoms with E-state index in [-0.39, 0.29) is 17.7 Å². The Morgan fingerprint density at radius 3 is 2.62 bits per heavy atom. The first kappa shape index (κ1) is 20.3. The lowest BCUT2D eigenvalue weighted by atomic mass is 9.88. The molecule has 0 bridgehead atoms. The van der Waals surface area contributed by atoms with Gasteiger partial charge in [0.05, 0.1) is 0 Å². The van der Waals surface area contributed by atoms with Crippen LogP contribution in [0.4, 0.5) is 5.82 Å². The number of aromatic nitrogens is 2. The van der Waals surface area contributed by atoms with E-state index in [9.17, 15) is 9.59 Å². The molecular formula is C23H34N4O2. The molecule has 2 amide bonds. The second-order valence-corrected chi connectivity index (χ2v) is 9.01. The number of hydrogen-bond acceptors (Lipinski definition) is 4. The molecule has 1 saturated heterocycles. The quantitative estimate of drug-likeness (QED) is 0.774. The zero-order chi connectivity index (χ0) is 20.4. The normalized spacial score (nSPS) is 23.2. The molecule has 3 heterocycles. The number of aryl methyl sites for hydroxylation is 1. The number of nitrogens with zero attached hydrogens (tertiary/aromatic N) is 4. The van der Waals surface area contributed by atoms with Crippen molar-refractivity contribution in [2.75, 3.05) is 24.5 Å². The van der Waals surface area contributed by atoms with Gasteiger partial charge in [0.1, 0.15) is 11.6 Å². The highest BCUT2D eigenvalue weighted by molar-refractivity contribution is 5.95. The molecule has 0 spiro atoms. The van der Waals surface area contributed by atoms with Gasteiger partial charge in [0.25, 0.3) is 0 Å². The summed E-state index contributed by atoms with van der Waals surface area (Å²) in [4.78, 5) is 38.8. The van der Waals surface area contributed by atoms with Crippen LogP contribution < -0.4 is 4.90 Å². The van der Waals surface area contributed by atoms with Crippen LogP contribution in [-0.4, -0.2) is 46.3 Å². The van der Waals surface area contributed by atoms with Gasteiger partial charge in [0.2, 0.25) is 11.8 Å². The Morgan fingerprint density at radius 2 is 1.86 bits per heavy atom. The smallest absolute Gasteiger partial charge is 0.228 e. The molecule has 6 heteroatoms. The van der Waals surface area contributed by atoms with E-state index in [0.29, 0.717) is 25.3 Å². The molecule has 1 aliphatic carbocycles. The summed E-state index contributed by atoms with van der Waals surface area (Å²) in [7, 11) is 0. The first-order chi connectivity index (χ1) is 14.1. The number of rotatable bonds is 4. The fraction of sp³-hybridized carbons (Fsp3) is 0.739. The molecule has 158 valence electrons. The third kappa shape index (κ3) is 4.31. The Bertz CT molecular complexity index is 772. The summed E-state index contributed by atoms with van der Waals surface area (Å²) >= 11 is 0. The first-order valence-electron chi connectivity index (χ1n) is 11.5. The number of amides is 2. The van der Waals surface area contributed by atoms with Crippen molar-refractivity contribution < 1.29 is 9.59 Å². The summed E-state index contributed by atoms with van der Waals surface area (Å²) in [5, 5.41) is 0. The lowest BCUT2D eigenvalue weighted by molar-refractivity contribution is -0.132. The molecule has 6 nitrogen and oxygen atoms in total. The molecule has 0 radical (unpaired) electrons. The van der Waals surface area contributed by atoms with E-state index in [2.05, 4.69) is 6.92 Å². The minimum absolute atomic E-state index is 0.164. The lowest BCUT2D eigenvalue weighted by Crippen LogP contribution is -2.41. The Balaban J connectivity index is 1.60. The van der Waals surface area contributed by atoms with Crippen LogP contribution in [0.1, 0.15) is 87.7 Å². The maximum absolute atomic E-state index is 12.8. The number of piperidine rings is 1. The predicted octanol–water partition coefficient (Wildman–Crippen LogP) is 3.76. The van der Waals surface area contributed by atoms with Gasteiger partial charge in [-0.3, -0.25) is 14.5 Å². The average molecular weight is 399 g/mol. The molecule has 2 fully saturated rings. The van der Waals surface area contributed by atoms with Crippen molar-refractivity contribution in [2.24, 2.45) is 5.92 Å². The van der Waals surface area contributed by atoms with E-state index in [1.54, 1.807) is 0 Å². The molecule has 0 N–H and O–H groups in total. The summed E-state index contributed by atoms with van der Waals surface area (Å²) in [6.07, 6.45) is 10.1. The summed E-state index contributed by atoms with van der Waals surface area (Å²) in [6.45, 7) is 6.30. The van der Waals surface area contributed by atoms with Crippen LogP contribution in [0.5, 0.6) is 0 Å². The SMILES string of the molecule is CCC(=O)N1CCC[C@H](c2nc(C)c3c(n2)N(CC2CCCCC2)C(=O)CC3)C1. The van der Waals surface area contributed by atoms with E-state index < -0.39 is 0 Å². The van der Waals surface area contributed by atoms with Crippen LogP contribution >= 0.6 is 0 Å². The minimum Gasteiger partial charge on any atom is -0.342 e. The molecule has 1 aromatic heterocycles. The Morgan fingerprint density at radius 1 is 1.07 bits per heavy atom. The third-order valence-electron chi connectivity index (χ3n) is 6.96. The highest BCUT2D eigenvalue weighted by Crippen LogP contribution is 2.34. The van der Waals surface area contributed by atoms with Crippen molar-refractivity contribution in [3.8, 4) is 0 Å². The standard InChI is InChI=1S/C23H34N4O2/c1-3-20(28)26-13-7-10-18(15-26)22-24-16(2)19-11-12-21(29)27(23(19)25-22)14-17-8-5-4-6-9-17/h17-18H,3-15H2,1-2H3/t18-/m0/s1. The van der Waals surface area contributed by atoms with Gasteiger partial charge in [0.15, 0.2) is 0 Å². The molecule has 1 atom stereocenters. The van der Waals surface area contributed by atoms with Gasteiger partial charge in [0, 0.05) is 49.7 Å². The molecule has 4 rings (SSSR count). The molecule has 1 aromatic rings. The molecule has 0 aromatic carbocycles. The highest BCUT2D eigenvalue weighted by Gasteiger charge is 2.32. The number of hydrogen-bond donors (Lipinski definition) is 0. The van der Waals surface area contributed by atoms with Crippen molar-refractivity contribution in [1.29, 1.82) is 0 Å². The average Bonchev–Trinajstić information content (AvgIpc) is 2.76. The number of likely N-dealkylation sites (tertiary alicyclic amines) is 1. The van der Waals surface area contributed by atoms with Gasteiger partial charge < -0.3 is 4.90 Å². The fourth-order valence-corrected chi connectivity index (χ4v) is 5.24. The van der Waals surface area contributed by atoms with Crippen molar-refractivity contribution in [1.82, 2.24) is 14.9 Å². The molecule has 2 aliphatic heterocycles. The van der Waals surface area contributed by atoms with Crippen LogP contribution in [0, 0.1) is 12.8 Å². The first-order valence-corrected chi connectivity index (χ1v) is 11.5. The topological polar surface area (TPSA) is 66.4 Å². The summed E-state index contributed by atoms with van der Waals surface area (Å²) in [6, 6.07) is 0. The van der Waals surface area contributed by atoms with Crippen molar-refractivity contribution in [3.63, 3.8) is 0 Å². The number of carbonyl (C=O) groups is 2. The maximum Gasteiger partial charge on any atom is 0.228 e. The van der Waals surface area contributed by atoms with Gasteiger partial charge in [-0.15, -0.1) is 0 Å². The largest absolute Gasteiger partial charge is 0.342 e. The Kier molecular flexibility index (Phi) is 6.16. The van der Waals surface area contributed by atoms with Crippen molar-refractivity contribution in [2.45, 2.75) is 84.0 Å². The van der Waals surface area contributed by atoms with Gasteiger partial charge in [-0.25, -0.2) is 9.97 Å². The Labute approximate surface area is 174 Å². The van der Waals surface area contributed by atoms with Gasteiger partial charge in [-0.05, 0) is 44.9 Å². The van der Waals surface area contributed by atoms with E-state index in [4.69, 9.17) is 9.97 Å². The third-order valence-corrected chi connectivity index (χ3v) is 6.96. The second-order valence-electron chi connectivity index (χ2n) is 9.01. The summed E-state index contributed by atoms with van der Waals surface area (Å²) in [5.41, 5.74) is 2.14. The van der Waals surface area contributed by atoms with Crippen LogP contribution in [0.3, 0.4) is 0 Å². The number of carbonyl (C=O) groups excluding carboxylic acids is 2. The molecule has 3 aliphatic rings. The van der Waals surface area contributed by atoms with Gasteiger partial charge in [-0.2, -0.15) is 0 Å². The molecule has 0 unspecified atom stereocenters. The molecule has 1 saturated carbocycles. The minimum atomic E-state index is 0.164. The molecule has 29 heavy (non-hydrogen) atoms. The van der Waals surface area contributed by atoms with Crippen molar-refractivity contribution in [3.05, 3.63) is 17.1 Å². The predicted molar refractivity (Wildman–Crippen MR) is 113 cm³/mol. The van der Waals surface area contributed by atoms with Crippen molar-refractivity contribution >= 4 is 17.6 Å². The van der Waals surface area contributed by atoms with E-state index >= 15 is 0 Å². The van der Waals surface area contributed by atoms with Crippen LogP contribution in [-0.2, 0) is 16.0 Å². The zero-order valence-corrected chi connectivity index (χ0v) is 18.0. The van der Waals surface area contributed by atoms with Crippen LogP contribution in [0.25, 0.3) is 0 Å². The Hall–Kier alpha value is -1.98. The van der Waals surface area contributed by atoms with Crippen LogP contribution in [0.2, 0.25) is 0 Å². The fourth-order valence-electron chi connectivity index (χ4n) is 5.24. The monoisotopic (exact) mass is 398 g/mol. The van der Waals surface area contributed by atoms with Crippen LogP contribution in [0.15, 0.2) is 0 Å². The zero-order valence-electron chi connectivity index (χ0n) is 18.0. The number of fused-ring (bicyclic) bond motifs is 1. The number of anilines is 1. The molecular weight excluding hydrogens is 364 g/mol. The van der Waals surface area contributed by atoms with E-state index in [1.807, 2.05) is 16.7 Å². The van der Waals surface area contributed by atoms with Gasteiger partial charge in [-0.1, -0.05) is 26.2 Å². The van der Waals surface area contributed by atoms with Gasteiger partial charge >= 0.3 is 0 Å². The lowest BCUT2D eigenvalue weighted by Gasteiger charge is -2.35. The second kappa shape index (κ2) is 8.80. The maximum atomic E-state index is 12.8.